The van der Waals surface area contributed by atoms with Gasteiger partial charge in [-0.1, -0.05) is 25.9 Å². The Kier molecular flexibility index (Phi) is 7.65. The van der Waals surface area contributed by atoms with Crippen LogP contribution in [0.1, 0.15) is 51.6 Å². The number of hydrogen-bond acceptors (Lipinski definition) is 6. The summed E-state index contributed by atoms with van der Waals surface area (Å²) in [6.45, 7) is 11.2. The molecule has 0 fully saturated rings. The van der Waals surface area contributed by atoms with Crippen molar-refractivity contribution in [3.8, 4) is 0 Å². The van der Waals surface area contributed by atoms with E-state index in [1.165, 1.54) is 0 Å². The van der Waals surface area contributed by atoms with Crippen molar-refractivity contribution >= 4 is 5.96 Å². The average Bonchev–Trinajstić information content (AvgIpc) is 3.26. The third kappa shape index (κ3) is 6.87. The highest BCUT2D eigenvalue weighted by Gasteiger charge is 2.21. The lowest BCUT2D eigenvalue weighted by atomic mass is 9.97. The summed E-state index contributed by atoms with van der Waals surface area (Å²) in [6, 6.07) is 3.75. The second-order valence-corrected chi connectivity index (χ2v) is 6.87. The minimum absolute atomic E-state index is 0.159. The number of nitrogens with one attached hydrogen (secondary N) is 2. The molecule has 0 radical (unpaired) electrons. The number of furan rings is 1. The Labute approximate surface area is 154 Å². The van der Waals surface area contributed by atoms with Gasteiger partial charge in [-0.2, -0.15) is 4.98 Å². The van der Waals surface area contributed by atoms with Gasteiger partial charge in [-0.05, 0) is 25.5 Å². The van der Waals surface area contributed by atoms with Gasteiger partial charge < -0.3 is 24.3 Å². The number of rotatable bonds is 9. The molecule has 2 N–H and O–H groups in total. The maximum absolute atomic E-state index is 5.56. The zero-order chi connectivity index (χ0) is 18.8. The van der Waals surface area contributed by atoms with Gasteiger partial charge in [0.25, 0.3) is 0 Å². The average molecular weight is 363 g/mol. The molecule has 8 nitrogen and oxygen atoms in total. The van der Waals surface area contributed by atoms with Gasteiger partial charge in [0.1, 0.15) is 18.9 Å². The fourth-order valence-corrected chi connectivity index (χ4v) is 2.06. The molecule has 0 aliphatic heterocycles. The topological polar surface area (TPSA) is 97.7 Å². The molecule has 8 heteroatoms. The first kappa shape index (κ1) is 20.0. The Morgan fingerprint density at radius 3 is 2.81 bits per heavy atom. The van der Waals surface area contributed by atoms with Crippen LogP contribution in [0.3, 0.4) is 0 Å². The molecule has 2 aromatic rings. The SMILES string of the molecule is CCNC(=NCc1noc(C(C)(C)C)n1)NCCCOCc1ccco1. The lowest BCUT2D eigenvalue weighted by Crippen LogP contribution is -2.38. The fourth-order valence-electron chi connectivity index (χ4n) is 2.06. The first-order valence-corrected chi connectivity index (χ1v) is 8.94. The van der Waals surface area contributed by atoms with Gasteiger partial charge in [0, 0.05) is 25.1 Å². The van der Waals surface area contributed by atoms with Gasteiger partial charge in [-0.3, -0.25) is 0 Å². The summed E-state index contributed by atoms with van der Waals surface area (Å²) < 4.78 is 16.1. The van der Waals surface area contributed by atoms with Crippen molar-refractivity contribution in [3.05, 3.63) is 35.9 Å². The Morgan fingerprint density at radius 1 is 1.31 bits per heavy atom. The summed E-state index contributed by atoms with van der Waals surface area (Å²) in [7, 11) is 0. The Morgan fingerprint density at radius 2 is 2.15 bits per heavy atom. The first-order valence-electron chi connectivity index (χ1n) is 8.94. The van der Waals surface area contributed by atoms with E-state index in [9.17, 15) is 0 Å². The van der Waals surface area contributed by atoms with Gasteiger partial charge in [0.15, 0.2) is 11.8 Å². The van der Waals surface area contributed by atoms with Gasteiger partial charge >= 0.3 is 0 Å². The molecule has 2 heterocycles. The maximum Gasteiger partial charge on any atom is 0.232 e. The second kappa shape index (κ2) is 9.96. The summed E-state index contributed by atoms with van der Waals surface area (Å²) in [5.41, 5.74) is -0.159. The molecule has 144 valence electrons. The number of hydrogen-bond donors (Lipinski definition) is 2. The highest BCUT2D eigenvalue weighted by Crippen LogP contribution is 2.19. The van der Waals surface area contributed by atoms with E-state index in [1.807, 2.05) is 39.8 Å². The zero-order valence-corrected chi connectivity index (χ0v) is 16.0. The highest BCUT2D eigenvalue weighted by atomic mass is 16.5. The normalized spacial score (nSPS) is 12.4. The van der Waals surface area contributed by atoms with Crippen LogP contribution in [0.2, 0.25) is 0 Å². The molecule has 0 amide bonds. The molecule has 0 aromatic carbocycles. The zero-order valence-electron chi connectivity index (χ0n) is 16.0. The van der Waals surface area contributed by atoms with Crippen molar-refractivity contribution in [2.24, 2.45) is 4.99 Å². The van der Waals surface area contributed by atoms with Crippen LogP contribution < -0.4 is 10.6 Å². The number of nitrogens with zero attached hydrogens (tertiary/aromatic N) is 3. The van der Waals surface area contributed by atoms with Crippen LogP contribution in [0, 0.1) is 0 Å². The highest BCUT2D eigenvalue weighted by molar-refractivity contribution is 5.79. The molecule has 0 bridgehead atoms. The van der Waals surface area contributed by atoms with Gasteiger partial charge in [0.05, 0.1) is 6.26 Å². The standard InChI is InChI=1S/C18H29N5O3/c1-5-19-17(20-9-7-10-24-13-14-8-6-11-25-14)21-12-15-22-16(26-23-15)18(2,3)4/h6,8,11H,5,7,9-10,12-13H2,1-4H3,(H2,19,20,21). The largest absolute Gasteiger partial charge is 0.467 e. The van der Waals surface area contributed by atoms with E-state index < -0.39 is 0 Å². The molecular formula is C18H29N5O3. The predicted octanol–water partition coefficient (Wildman–Crippen LogP) is 2.62. The lowest BCUT2D eigenvalue weighted by Gasteiger charge is -2.11. The summed E-state index contributed by atoms with van der Waals surface area (Å²) in [5, 5.41) is 10.5. The molecule has 2 rings (SSSR count). The third-order valence-corrected chi connectivity index (χ3v) is 3.41. The molecule has 0 atom stereocenters. The van der Waals surface area contributed by atoms with Gasteiger partial charge in [0.2, 0.25) is 5.89 Å². The Bertz CT molecular complexity index is 659. The Balaban J connectivity index is 1.71. The van der Waals surface area contributed by atoms with E-state index >= 15 is 0 Å². The number of aromatic nitrogens is 2. The minimum Gasteiger partial charge on any atom is -0.467 e. The molecule has 0 unspecified atom stereocenters. The number of ether oxygens (including phenoxy) is 1. The van der Waals surface area contributed by atoms with Crippen molar-refractivity contribution in [1.29, 1.82) is 0 Å². The lowest BCUT2D eigenvalue weighted by molar-refractivity contribution is 0.105. The fraction of sp³-hybridized carbons (Fsp3) is 0.611. The van der Waals surface area contributed by atoms with E-state index in [2.05, 4.69) is 25.8 Å². The second-order valence-electron chi connectivity index (χ2n) is 6.87. The summed E-state index contributed by atoms with van der Waals surface area (Å²) >= 11 is 0. The first-order chi connectivity index (χ1) is 12.5. The van der Waals surface area contributed by atoms with E-state index in [1.54, 1.807) is 6.26 Å². The van der Waals surface area contributed by atoms with Crippen molar-refractivity contribution in [3.63, 3.8) is 0 Å². The van der Waals surface area contributed by atoms with Crippen LogP contribution >= 0.6 is 0 Å². The molecule has 0 saturated heterocycles. The molecule has 0 aliphatic rings. The van der Waals surface area contributed by atoms with Crippen molar-refractivity contribution in [1.82, 2.24) is 20.8 Å². The maximum atomic E-state index is 5.56. The molecule has 2 aromatic heterocycles. The van der Waals surface area contributed by atoms with E-state index in [4.69, 9.17) is 13.7 Å². The molecular weight excluding hydrogens is 334 g/mol. The predicted molar refractivity (Wildman–Crippen MR) is 98.8 cm³/mol. The van der Waals surface area contributed by atoms with E-state index in [0.717, 1.165) is 31.2 Å². The van der Waals surface area contributed by atoms with Crippen molar-refractivity contribution in [2.75, 3.05) is 19.7 Å². The van der Waals surface area contributed by atoms with Crippen LogP contribution in [0.25, 0.3) is 0 Å². The molecule has 0 saturated carbocycles. The van der Waals surface area contributed by atoms with Crippen LogP contribution in [0.15, 0.2) is 32.3 Å². The quantitative estimate of drug-likeness (QED) is 0.401. The monoisotopic (exact) mass is 363 g/mol. The van der Waals surface area contributed by atoms with Crippen LogP contribution in [-0.4, -0.2) is 35.8 Å². The number of aliphatic imine (C=N–C) groups is 1. The summed E-state index contributed by atoms with van der Waals surface area (Å²) in [4.78, 5) is 8.88. The van der Waals surface area contributed by atoms with Gasteiger partial charge in [-0.25, -0.2) is 4.99 Å². The third-order valence-electron chi connectivity index (χ3n) is 3.41. The van der Waals surface area contributed by atoms with Crippen molar-refractivity contribution in [2.45, 2.75) is 52.7 Å². The smallest absolute Gasteiger partial charge is 0.232 e. The minimum atomic E-state index is -0.159. The van der Waals surface area contributed by atoms with Crippen LogP contribution in [-0.2, 0) is 23.3 Å². The summed E-state index contributed by atoms with van der Waals surface area (Å²) in [6.07, 6.45) is 2.51. The van der Waals surface area contributed by atoms with E-state index in [0.29, 0.717) is 31.5 Å². The molecule has 26 heavy (non-hydrogen) atoms. The Hall–Kier alpha value is -2.35. The molecule has 0 aliphatic carbocycles. The molecule has 0 spiro atoms. The summed E-state index contributed by atoms with van der Waals surface area (Å²) in [5.74, 6) is 2.76. The van der Waals surface area contributed by atoms with Gasteiger partial charge in [-0.15, -0.1) is 0 Å². The number of guanidine groups is 1. The van der Waals surface area contributed by atoms with Crippen molar-refractivity contribution < 1.29 is 13.7 Å². The van der Waals surface area contributed by atoms with E-state index in [-0.39, 0.29) is 5.41 Å². The van der Waals surface area contributed by atoms with Crippen LogP contribution in [0.5, 0.6) is 0 Å². The van der Waals surface area contributed by atoms with Crippen LogP contribution in [0.4, 0.5) is 0 Å².